The maximum atomic E-state index is 13.0. The predicted octanol–water partition coefficient (Wildman–Crippen LogP) is 4.43. The van der Waals surface area contributed by atoms with Gasteiger partial charge in [0.25, 0.3) is 5.91 Å². The van der Waals surface area contributed by atoms with Gasteiger partial charge in [-0.1, -0.05) is 24.3 Å². The molecule has 5 bridgehead atoms. The highest BCUT2D eigenvalue weighted by molar-refractivity contribution is 7.13. The van der Waals surface area contributed by atoms with Gasteiger partial charge in [-0.3, -0.25) is 4.79 Å². The Hall–Kier alpha value is -1.68. The van der Waals surface area contributed by atoms with E-state index in [-0.39, 0.29) is 11.4 Å². The van der Waals surface area contributed by atoms with Crippen LogP contribution in [0.15, 0.2) is 29.6 Å². The molecule has 0 radical (unpaired) electrons. The SMILES string of the molecule is Cc1ccccc1-c1nc(C(=O)NC23[C@@H]4CC5C[C@H]2CC3(C5)C4)cs1. The number of hydrogen-bond acceptors (Lipinski definition) is 3. The first-order valence-electron chi connectivity index (χ1n) is 9.45. The van der Waals surface area contributed by atoms with Crippen LogP contribution in [-0.4, -0.2) is 16.4 Å². The molecule has 7 fully saturated rings. The number of nitrogens with zero attached hydrogens (tertiary/aromatic N) is 1. The summed E-state index contributed by atoms with van der Waals surface area (Å²) in [5.74, 6) is 2.47. The molecule has 7 aliphatic rings. The molecule has 1 heterocycles. The molecule has 1 aromatic carbocycles. The molecular formula is C21H22N2OS. The van der Waals surface area contributed by atoms with Crippen LogP contribution < -0.4 is 5.32 Å². The first kappa shape index (κ1) is 14.5. The molecule has 7 saturated carbocycles. The van der Waals surface area contributed by atoms with Crippen molar-refractivity contribution < 1.29 is 4.79 Å². The topological polar surface area (TPSA) is 42.0 Å². The number of aromatic nitrogens is 1. The summed E-state index contributed by atoms with van der Waals surface area (Å²) >= 11 is 1.57. The number of carbonyl (C=O) groups excluding carboxylic acids is 1. The molecule has 1 aromatic heterocycles. The number of hydrogen-bond donors (Lipinski definition) is 1. The lowest BCUT2D eigenvalue weighted by Gasteiger charge is -2.84. The number of aryl methyl sites for hydroxylation is 1. The Morgan fingerprint density at radius 2 is 1.96 bits per heavy atom. The van der Waals surface area contributed by atoms with Crippen molar-refractivity contribution in [1.29, 1.82) is 0 Å². The summed E-state index contributed by atoms with van der Waals surface area (Å²) in [7, 11) is 0. The lowest BCUT2D eigenvalue weighted by molar-refractivity contribution is -0.305. The van der Waals surface area contributed by atoms with E-state index in [1.165, 1.54) is 37.7 Å². The van der Waals surface area contributed by atoms with E-state index in [0.717, 1.165) is 28.3 Å². The number of benzene rings is 1. The first-order valence-corrected chi connectivity index (χ1v) is 10.3. The Labute approximate surface area is 151 Å². The Morgan fingerprint density at radius 1 is 1.20 bits per heavy atom. The maximum Gasteiger partial charge on any atom is 0.271 e. The van der Waals surface area contributed by atoms with Crippen molar-refractivity contribution in [2.75, 3.05) is 0 Å². The van der Waals surface area contributed by atoms with Crippen molar-refractivity contribution in [1.82, 2.24) is 10.3 Å². The molecule has 1 amide bonds. The fraction of sp³-hybridized carbons (Fsp3) is 0.524. The normalized spacial score (nSPS) is 39.5. The van der Waals surface area contributed by atoms with E-state index in [4.69, 9.17) is 0 Å². The van der Waals surface area contributed by atoms with Crippen LogP contribution in [0, 0.1) is 30.1 Å². The lowest BCUT2D eigenvalue weighted by atomic mass is 9.24. The highest BCUT2D eigenvalue weighted by Gasteiger charge is 2.81. The molecule has 0 saturated heterocycles. The third-order valence-electron chi connectivity index (χ3n) is 7.79. The maximum absolute atomic E-state index is 13.0. The molecule has 1 N–H and O–H groups in total. The largest absolute Gasteiger partial charge is 0.344 e. The molecule has 0 aliphatic heterocycles. The van der Waals surface area contributed by atoms with Crippen molar-refractivity contribution >= 4 is 17.2 Å². The van der Waals surface area contributed by atoms with Gasteiger partial charge in [0.1, 0.15) is 10.7 Å². The van der Waals surface area contributed by atoms with E-state index in [9.17, 15) is 4.79 Å². The molecular weight excluding hydrogens is 328 g/mol. The number of thiazole rings is 1. The Kier molecular flexibility index (Phi) is 2.63. The predicted molar refractivity (Wildman–Crippen MR) is 98.5 cm³/mol. The summed E-state index contributed by atoms with van der Waals surface area (Å²) in [4.78, 5) is 17.7. The third kappa shape index (κ3) is 1.62. The second-order valence-electron chi connectivity index (χ2n) is 8.80. The molecule has 9 rings (SSSR count). The van der Waals surface area contributed by atoms with E-state index >= 15 is 0 Å². The zero-order valence-electron chi connectivity index (χ0n) is 14.4. The molecule has 3 unspecified atom stereocenters. The van der Waals surface area contributed by atoms with Crippen LogP contribution in [0.4, 0.5) is 0 Å². The summed E-state index contributed by atoms with van der Waals surface area (Å²) in [6.07, 6.45) is 6.73. The zero-order valence-corrected chi connectivity index (χ0v) is 15.2. The zero-order chi connectivity index (χ0) is 16.8. The van der Waals surface area contributed by atoms with Gasteiger partial charge in [-0.25, -0.2) is 4.98 Å². The van der Waals surface area contributed by atoms with Crippen molar-refractivity contribution in [3.05, 3.63) is 40.9 Å². The third-order valence-corrected chi connectivity index (χ3v) is 8.66. The van der Waals surface area contributed by atoms with Crippen LogP contribution >= 0.6 is 11.3 Å². The molecule has 1 spiro atoms. The first-order chi connectivity index (χ1) is 12.1. The molecule has 25 heavy (non-hydrogen) atoms. The van der Waals surface area contributed by atoms with Crippen LogP contribution in [0.25, 0.3) is 10.6 Å². The van der Waals surface area contributed by atoms with Gasteiger partial charge >= 0.3 is 0 Å². The van der Waals surface area contributed by atoms with Crippen molar-refractivity contribution in [3.8, 4) is 10.6 Å². The Bertz CT molecular complexity index is 881. The smallest absolute Gasteiger partial charge is 0.271 e. The highest BCUT2D eigenvalue weighted by atomic mass is 32.1. The van der Waals surface area contributed by atoms with Gasteiger partial charge in [0.15, 0.2) is 0 Å². The average molecular weight is 350 g/mol. The van der Waals surface area contributed by atoms with Crippen LogP contribution in [0.2, 0.25) is 0 Å². The minimum Gasteiger partial charge on any atom is -0.344 e. The highest BCUT2D eigenvalue weighted by Crippen LogP contribution is 2.81. The summed E-state index contributed by atoms with van der Waals surface area (Å²) in [6, 6.07) is 8.25. The minimum absolute atomic E-state index is 0.0511. The van der Waals surface area contributed by atoms with Crippen LogP contribution in [0.1, 0.15) is 48.2 Å². The second kappa shape index (κ2) is 4.53. The molecule has 5 atom stereocenters. The summed E-state index contributed by atoms with van der Waals surface area (Å²) in [6.45, 7) is 2.09. The van der Waals surface area contributed by atoms with E-state index in [1.807, 2.05) is 17.5 Å². The van der Waals surface area contributed by atoms with Gasteiger partial charge in [0.2, 0.25) is 0 Å². The van der Waals surface area contributed by atoms with Crippen molar-refractivity contribution in [2.45, 2.75) is 44.6 Å². The van der Waals surface area contributed by atoms with Gasteiger partial charge in [-0.15, -0.1) is 11.3 Å². The Balaban J connectivity index is 1.28. The number of nitrogens with one attached hydrogen (secondary N) is 1. The van der Waals surface area contributed by atoms with Crippen molar-refractivity contribution in [3.63, 3.8) is 0 Å². The number of rotatable bonds is 3. The van der Waals surface area contributed by atoms with Gasteiger partial charge in [0, 0.05) is 10.9 Å². The number of carbonyl (C=O) groups is 1. The van der Waals surface area contributed by atoms with Crippen LogP contribution in [0.3, 0.4) is 0 Å². The quantitative estimate of drug-likeness (QED) is 0.890. The standard InChI is InChI=1S/C21H22N2OS/c1-12-4-2-3-5-16(12)19-22-17(11-25-19)18(24)23-21-14-6-13-7-15(21)10-20(21,8-13)9-14/h2-5,11,13-15H,6-10H2,1H3,(H,23,24)/t13?,14-,15+,20?,21?. The van der Waals surface area contributed by atoms with E-state index in [1.54, 1.807) is 11.3 Å². The summed E-state index contributed by atoms with van der Waals surface area (Å²) in [5, 5.41) is 6.38. The minimum atomic E-state index is 0.0511. The van der Waals surface area contributed by atoms with Gasteiger partial charge < -0.3 is 5.32 Å². The molecule has 128 valence electrons. The lowest BCUT2D eigenvalue weighted by Crippen LogP contribution is -2.87. The monoisotopic (exact) mass is 350 g/mol. The Morgan fingerprint density at radius 3 is 2.68 bits per heavy atom. The van der Waals surface area contributed by atoms with E-state index < -0.39 is 0 Å². The molecule has 7 aliphatic carbocycles. The number of amides is 1. The average Bonchev–Trinajstić information content (AvgIpc) is 3.08. The second-order valence-corrected chi connectivity index (χ2v) is 9.66. The van der Waals surface area contributed by atoms with Crippen LogP contribution in [0.5, 0.6) is 0 Å². The van der Waals surface area contributed by atoms with Gasteiger partial charge in [-0.05, 0) is 67.8 Å². The summed E-state index contributed by atoms with van der Waals surface area (Å²) < 4.78 is 0. The molecule has 2 aromatic rings. The van der Waals surface area contributed by atoms with Gasteiger partial charge in [0.05, 0.1) is 5.54 Å². The summed E-state index contributed by atoms with van der Waals surface area (Å²) in [5.41, 5.74) is 3.52. The van der Waals surface area contributed by atoms with E-state index in [0.29, 0.717) is 11.1 Å². The van der Waals surface area contributed by atoms with Gasteiger partial charge in [-0.2, -0.15) is 0 Å². The molecule has 3 nitrogen and oxygen atoms in total. The molecule has 4 heteroatoms. The van der Waals surface area contributed by atoms with E-state index in [2.05, 4.69) is 29.4 Å². The fourth-order valence-electron chi connectivity index (χ4n) is 7.02. The fourth-order valence-corrected chi connectivity index (χ4v) is 7.91. The van der Waals surface area contributed by atoms with Crippen molar-refractivity contribution in [2.24, 2.45) is 23.2 Å². The van der Waals surface area contributed by atoms with Crippen LogP contribution in [-0.2, 0) is 0 Å².